The lowest BCUT2D eigenvalue weighted by atomic mass is 10.1. The van der Waals surface area contributed by atoms with Crippen molar-refractivity contribution < 1.29 is 19.1 Å². The molecule has 0 heterocycles. The van der Waals surface area contributed by atoms with Crippen LogP contribution in [0.1, 0.15) is 169 Å². The van der Waals surface area contributed by atoms with Crippen molar-refractivity contribution in [1.29, 1.82) is 0 Å². The molecule has 0 aromatic heterocycles. The molecule has 8 nitrogen and oxygen atoms in total. The van der Waals surface area contributed by atoms with Crippen LogP contribution in [-0.4, -0.2) is 61.6 Å². The lowest BCUT2D eigenvalue weighted by molar-refractivity contribution is 0.0794. The van der Waals surface area contributed by atoms with Gasteiger partial charge in [-0.25, -0.2) is 9.59 Å². The van der Waals surface area contributed by atoms with Crippen molar-refractivity contribution >= 4 is 23.6 Å². The van der Waals surface area contributed by atoms with Crippen LogP contribution >= 0.6 is 0 Å². The Morgan fingerprint density at radius 3 is 1.12 bits per heavy atom. The van der Waals surface area contributed by atoms with Crippen molar-refractivity contribution in [1.82, 2.24) is 9.80 Å². The van der Waals surface area contributed by atoms with Crippen LogP contribution in [0.2, 0.25) is 0 Å². The van der Waals surface area contributed by atoms with Gasteiger partial charge in [-0.1, -0.05) is 162 Å². The highest BCUT2D eigenvalue weighted by molar-refractivity contribution is 5.88. The van der Waals surface area contributed by atoms with Gasteiger partial charge in [0.1, 0.15) is 13.5 Å². The quantitative estimate of drug-likeness (QED) is 0.0584. The fourth-order valence-corrected chi connectivity index (χ4v) is 5.91. The van der Waals surface area contributed by atoms with Gasteiger partial charge in [0.25, 0.3) is 0 Å². The predicted molar refractivity (Wildman–Crippen MR) is 204 cm³/mol. The maximum absolute atomic E-state index is 12.5. The summed E-state index contributed by atoms with van der Waals surface area (Å²) in [6.07, 6.45) is 28.0. The molecule has 0 bridgehead atoms. The van der Waals surface area contributed by atoms with E-state index in [0.717, 1.165) is 39.0 Å². The number of nitrogens with zero attached hydrogens (tertiary/aromatic N) is 2. The van der Waals surface area contributed by atoms with E-state index in [1.165, 1.54) is 128 Å². The Balaban J connectivity index is 2.19. The Labute approximate surface area is 295 Å². The highest BCUT2D eigenvalue weighted by Crippen LogP contribution is 2.17. The lowest BCUT2D eigenvalue weighted by Crippen LogP contribution is -2.30. The largest absolute Gasteiger partial charge is 0.433 e. The number of ether oxygens (including phenoxy) is 2. The lowest BCUT2D eigenvalue weighted by Gasteiger charge is -2.20. The number of unbranched alkanes of at least 4 members (excludes halogenated alkanes) is 20. The van der Waals surface area contributed by atoms with Gasteiger partial charge in [0.2, 0.25) is 0 Å². The van der Waals surface area contributed by atoms with Crippen molar-refractivity contribution in [3.8, 4) is 0 Å². The zero-order valence-electron chi connectivity index (χ0n) is 31.6. The number of anilines is 2. The minimum atomic E-state index is -0.506. The Hall–Kier alpha value is -2.32. The zero-order valence-corrected chi connectivity index (χ0v) is 31.6. The van der Waals surface area contributed by atoms with Crippen molar-refractivity contribution in [2.24, 2.45) is 0 Å². The Morgan fingerprint density at radius 1 is 0.500 bits per heavy atom. The Bertz CT molecular complexity index is 832. The first kappa shape index (κ1) is 43.7. The van der Waals surface area contributed by atoms with Gasteiger partial charge >= 0.3 is 12.2 Å². The number of rotatable bonds is 32. The monoisotopic (exact) mass is 675 g/mol. The molecule has 0 saturated heterocycles. The van der Waals surface area contributed by atoms with Crippen LogP contribution in [0.5, 0.6) is 0 Å². The average molecular weight is 675 g/mol. The Morgan fingerprint density at radius 2 is 0.812 bits per heavy atom. The molecule has 0 aliphatic heterocycles. The second-order valence-corrected chi connectivity index (χ2v) is 13.4. The minimum Gasteiger partial charge on any atom is -0.433 e. The van der Waals surface area contributed by atoms with Crippen molar-refractivity contribution in [2.45, 2.75) is 169 Å². The third-order valence-electron chi connectivity index (χ3n) is 9.16. The molecule has 0 aliphatic carbocycles. The van der Waals surface area contributed by atoms with Crippen LogP contribution in [-0.2, 0) is 9.47 Å². The van der Waals surface area contributed by atoms with E-state index in [-0.39, 0.29) is 13.5 Å². The summed E-state index contributed by atoms with van der Waals surface area (Å²) in [7, 11) is 0. The molecule has 278 valence electrons. The number of nitrogens with one attached hydrogen (secondary N) is 2. The van der Waals surface area contributed by atoms with E-state index in [1.807, 2.05) is 0 Å². The maximum atomic E-state index is 12.5. The van der Waals surface area contributed by atoms with Crippen LogP contribution in [0.4, 0.5) is 21.0 Å². The first-order valence-corrected chi connectivity index (χ1v) is 19.9. The molecule has 0 radical (unpaired) electrons. The van der Waals surface area contributed by atoms with Crippen LogP contribution in [0, 0.1) is 0 Å². The Kier molecular flexibility index (Phi) is 29.1. The SMILES string of the molecule is CCCCCCCCCCCCCN(CC)COC(=O)Nc1cccc(NC(=O)OCN(CC)CCCCCCCCCCCCC)c1. The number of carbonyl (C=O) groups is 2. The van der Waals surface area contributed by atoms with E-state index in [2.05, 4.69) is 48.1 Å². The molecule has 2 amide bonds. The van der Waals surface area contributed by atoms with Crippen LogP contribution < -0.4 is 10.6 Å². The van der Waals surface area contributed by atoms with Gasteiger partial charge in [0, 0.05) is 24.5 Å². The van der Waals surface area contributed by atoms with Crippen molar-refractivity contribution in [3.05, 3.63) is 24.3 Å². The topological polar surface area (TPSA) is 83.1 Å². The van der Waals surface area contributed by atoms with E-state index in [1.54, 1.807) is 24.3 Å². The number of amides is 2. The smallest absolute Gasteiger partial charge is 0.412 e. The number of hydrogen-bond acceptors (Lipinski definition) is 6. The highest BCUT2D eigenvalue weighted by atomic mass is 16.6. The molecule has 1 rings (SSSR count). The normalized spacial score (nSPS) is 11.3. The predicted octanol–water partition coefficient (Wildman–Crippen LogP) is 12.0. The van der Waals surface area contributed by atoms with Crippen LogP contribution in [0.3, 0.4) is 0 Å². The molecule has 0 unspecified atom stereocenters. The van der Waals surface area contributed by atoms with Gasteiger partial charge in [-0.15, -0.1) is 0 Å². The number of hydrogen-bond donors (Lipinski definition) is 2. The fourth-order valence-electron chi connectivity index (χ4n) is 5.91. The zero-order chi connectivity index (χ0) is 34.9. The molecular weight excluding hydrogens is 600 g/mol. The molecule has 1 aromatic carbocycles. The third kappa shape index (κ3) is 25.7. The number of benzene rings is 1. The van der Waals surface area contributed by atoms with Gasteiger partial charge in [-0.3, -0.25) is 20.4 Å². The molecule has 1 aromatic rings. The standard InChI is InChI=1S/C40H74N4O4/c1-5-9-11-13-15-17-19-21-23-25-27-32-43(7-3)35-47-39(45)41-37-30-29-31-38(34-37)42-40(46)48-36-44(8-4)33-28-26-24-22-20-18-16-14-12-10-6-2/h29-31,34H,5-28,32-33,35-36H2,1-4H3,(H,41,45)(H,42,46). The molecule has 0 spiro atoms. The second-order valence-electron chi connectivity index (χ2n) is 13.4. The van der Waals surface area contributed by atoms with Gasteiger partial charge in [-0.2, -0.15) is 0 Å². The van der Waals surface area contributed by atoms with E-state index in [4.69, 9.17) is 9.47 Å². The third-order valence-corrected chi connectivity index (χ3v) is 9.16. The summed E-state index contributed by atoms with van der Waals surface area (Å²) in [6.45, 7) is 12.8. The van der Waals surface area contributed by atoms with E-state index < -0.39 is 12.2 Å². The summed E-state index contributed by atoms with van der Waals surface area (Å²) < 4.78 is 11.0. The van der Waals surface area contributed by atoms with Crippen LogP contribution in [0.25, 0.3) is 0 Å². The molecule has 0 fully saturated rings. The molecule has 8 heteroatoms. The van der Waals surface area contributed by atoms with Crippen LogP contribution in [0.15, 0.2) is 24.3 Å². The first-order valence-electron chi connectivity index (χ1n) is 19.9. The molecular formula is C40H74N4O4. The first-order chi connectivity index (χ1) is 23.5. The minimum absolute atomic E-state index is 0.261. The van der Waals surface area contributed by atoms with E-state index in [0.29, 0.717) is 11.4 Å². The fraction of sp³-hybridized carbons (Fsp3) is 0.800. The summed E-state index contributed by atoms with van der Waals surface area (Å²) in [4.78, 5) is 29.3. The van der Waals surface area contributed by atoms with Crippen molar-refractivity contribution in [2.75, 3.05) is 50.3 Å². The van der Waals surface area contributed by atoms with E-state index in [9.17, 15) is 9.59 Å². The summed E-state index contributed by atoms with van der Waals surface area (Å²) >= 11 is 0. The molecule has 0 saturated carbocycles. The van der Waals surface area contributed by atoms with Crippen molar-refractivity contribution in [3.63, 3.8) is 0 Å². The van der Waals surface area contributed by atoms with Gasteiger partial charge in [0.05, 0.1) is 0 Å². The van der Waals surface area contributed by atoms with Gasteiger partial charge in [0.15, 0.2) is 0 Å². The maximum Gasteiger partial charge on any atom is 0.412 e. The summed E-state index contributed by atoms with van der Waals surface area (Å²) in [5, 5.41) is 5.55. The summed E-state index contributed by atoms with van der Waals surface area (Å²) in [5.41, 5.74) is 1.11. The summed E-state index contributed by atoms with van der Waals surface area (Å²) in [6, 6.07) is 7.02. The second kappa shape index (κ2) is 31.9. The average Bonchev–Trinajstić information content (AvgIpc) is 3.08. The molecule has 0 aliphatic rings. The molecule has 0 atom stereocenters. The number of carbonyl (C=O) groups excluding carboxylic acids is 2. The molecule has 2 N–H and O–H groups in total. The van der Waals surface area contributed by atoms with E-state index >= 15 is 0 Å². The highest BCUT2D eigenvalue weighted by Gasteiger charge is 2.11. The molecule has 48 heavy (non-hydrogen) atoms. The van der Waals surface area contributed by atoms with Gasteiger partial charge in [-0.05, 0) is 44.1 Å². The summed E-state index contributed by atoms with van der Waals surface area (Å²) in [5.74, 6) is 0. The van der Waals surface area contributed by atoms with Gasteiger partial charge < -0.3 is 9.47 Å².